The Kier molecular flexibility index (Phi) is 3.25. The van der Waals surface area contributed by atoms with Gasteiger partial charge in [0, 0.05) is 12.5 Å². The van der Waals surface area contributed by atoms with Crippen molar-refractivity contribution in [2.45, 2.75) is 30.3 Å². The Morgan fingerprint density at radius 2 is 1.96 bits per heavy atom. The molecule has 6 nitrogen and oxygen atoms in total. The maximum Gasteiger partial charge on any atom is 0.310 e. The molecule has 1 aliphatic heterocycles. The van der Waals surface area contributed by atoms with Crippen molar-refractivity contribution in [3.05, 3.63) is 48.2 Å². The quantitative estimate of drug-likeness (QED) is 0.919. The Labute approximate surface area is 139 Å². The van der Waals surface area contributed by atoms with E-state index in [0.29, 0.717) is 24.9 Å². The van der Waals surface area contributed by atoms with E-state index in [0.717, 1.165) is 5.56 Å². The van der Waals surface area contributed by atoms with Crippen LogP contribution < -0.4 is 4.31 Å². The lowest BCUT2D eigenvalue weighted by molar-refractivity contribution is -0.144. The molecule has 2 aliphatic rings. The number of carbonyl (C=O) groups is 1. The fourth-order valence-electron chi connectivity index (χ4n) is 3.72. The number of rotatable bonds is 4. The van der Waals surface area contributed by atoms with Gasteiger partial charge in [0.2, 0.25) is 5.09 Å². The van der Waals surface area contributed by atoms with Gasteiger partial charge in [-0.25, -0.2) is 0 Å². The van der Waals surface area contributed by atoms with Crippen LogP contribution >= 0.6 is 0 Å². The Morgan fingerprint density at radius 1 is 1.21 bits per heavy atom. The van der Waals surface area contributed by atoms with Gasteiger partial charge >= 0.3 is 5.97 Å². The van der Waals surface area contributed by atoms with E-state index in [4.69, 9.17) is 4.42 Å². The molecule has 7 heteroatoms. The molecule has 0 spiro atoms. The molecular weight excluding hydrogens is 330 g/mol. The van der Waals surface area contributed by atoms with Crippen LogP contribution in [0.5, 0.6) is 0 Å². The molecule has 1 saturated carbocycles. The number of hydrogen-bond acceptors (Lipinski definition) is 4. The van der Waals surface area contributed by atoms with Crippen molar-refractivity contribution < 1.29 is 22.7 Å². The molecule has 2 heterocycles. The number of nitrogens with zero attached hydrogens (tertiary/aromatic N) is 1. The number of benzene rings is 1. The summed E-state index contributed by atoms with van der Waals surface area (Å²) in [5.41, 5.74) is 0.604. The Bertz CT molecular complexity index is 883. The first kappa shape index (κ1) is 15.3. The number of anilines is 1. The summed E-state index contributed by atoms with van der Waals surface area (Å²) in [7, 11) is -3.78. The second-order valence-corrected chi connectivity index (χ2v) is 8.16. The van der Waals surface area contributed by atoms with Gasteiger partial charge in [-0.3, -0.25) is 9.10 Å². The molecule has 0 bridgehead atoms. The molecule has 1 aromatic heterocycles. The van der Waals surface area contributed by atoms with Gasteiger partial charge in [0.15, 0.2) is 0 Å². The van der Waals surface area contributed by atoms with Crippen LogP contribution in [0.25, 0.3) is 0 Å². The van der Waals surface area contributed by atoms with Crippen LogP contribution in [0, 0.1) is 5.41 Å². The van der Waals surface area contributed by atoms with Gasteiger partial charge in [0.05, 0.1) is 17.4 Å². The molecule has 2 aromatic rings. The van der Waals surface area contributed by atoms with E-state index >= 15 is 0 Å². The minimum Gasteiger partial charge on any atom is -0.481 e. The molecule has 1 N–H and O–H groups in total. The zero-order valence-electron chi connectivity index (χ0n) is 12.9. The lowest BCUT2D eigenvalue weighted by atomic mass is 9.78. The molecule has 1 atom stereocenters. The van der Waals surface area contributed by atoms with Crippen LogP contribution in [-0.4, -0.2) is 26.0 Å². The van der Waals surface area contributed by atoms with Crippen LogP contribution in [0.15, 0.2) is 52.2 Å². The molecule has 1 fully saturated rings. The van der Waals surface area contributed by atoms with Gasteiger partial charge < -0.3 is 9.52 Å². The number of carboxylic acid groups (broad SMARTS) is 1. The first-order chi connectivity index (χ1) is 11.5. The fraction of sp³-hybridized carbons (Fsp3) is 0.353. The van der Waals surface area contributed by atoms with Crippen molar-refractivity contribution in [3.63, 3.8) is 0 Å². The molecular formula is C17H17NO5S. The minimum atomic E-state index is -3.78. The Hall–Kier alpha value is -2.28. The number of fused-ring (bicyclic) bond motifs is 1. The average Bonchev–Trinajstić information content (AvgIpc) is 3.19. The van der Waals surface area contributed by atoms with Gasteiger partial charge in [-0.2, -0.15) is 8.42 Å². The van der Waals surface area contributed by atoms with Crippen molar-refractivity contribution in [2.24, 2.45) is 5.41 Å². The maximum atomic E-state index is 12.8. The van der Waals surface area contributed by atoms with E-state index < -0.39 is 21.4 Å². The lowest BCUT2D eigenvalue weighted by Crippen LogP contribution is -2.39. The number of furan rings is 1. The molecule has 0 amide bonds. The maximum absolute atomic E-state index is 12.8. The third kappa shape index (κ3) is 2.07. The lowest BCUT2D eigenvalue weighted by Gasteiger charge is -2.36. The van der Waals surface area contributed by atoms with Crippen molar-refractivity contribution in [1.29, 1.82) is 0 Å². The van der Waals surface area contributed by atoms with Crippen LogP contribution in [0.3, 0.4) is 0 Å². The summed E-state index contributed by atoms with van der Waals surface area (Å²) in [6, 6.07) is 10.1. The monoisotopic (exact) mass is 347 g/mol. The van der Waals surface area contributed by atoms with Crippen LogP contribution in [0.1, 0.15) is 30.7 Å². The molecule has 1 aliphatic carbocycles. The highest BCUT2D eigenvalue weighted by molar-refractivity contribution is 7.92. The Balaban J connectivity index is 1.80. The standard InChI is InChI=1S/C17H17NO5S/c19-16(20)17(8-9-17)13-7-10-18(14-5-2-1-4-12(13)14)24(21,22)15-6-3-11-23-15/h1-6,11,13H,7-10H2,(H,19,20)/t13-/m0/s1. The first-order valence-electron chi connectivity index (χ1n) is 7.85. The second kappa shape index (κ2) is 5.11. The van der Waals surface area contributed by atoms with Gasteiger partial charge in [-0.1, -0.05) is 18.2 Å². The van der Waals surface area contributed by atoms with E-state index in [1.807, 2.05) is 12.1 Å². The zero-order valence-corrected chi connectivity index (χ0v) is 13.7. The van der Waals surface area contributed by atoms with Crippen LogP contribution in [0.2, 0.25) is 0 Å². The van der Waals surface area contributed by atoms with Crippen LogP contribution in [0.4, 0.5) is 5.69 Å². The molecule has 1 aromatic carbocycles. The van der Waals surface area contributed by atoms with Crippen molar-refractivity contribution >= 4 is 21.7 Å². The second-order valence-electron chi connectivity index (χ2n) is 6.37. The fourth-order valence-corrected chi connectivity index (χ4v) is 5.14. The summed E-state index contributed by atoms with van der Waals surface area (Å²) in [5, 5.41) is 9.51. The highest BCUT2D eigenvalue weighted by Crippen LogP contribution is 2.60. The summed E-state index contributed by atoms with van der Waals surface area (Å²) in [4.78, 5) is 11.7. The number of carboxylic acids is 1. The van der Waals surface area contributed by atoms with Crippen LogP contribution in [-0.2, 0) is 14.8 Å². The summed E-state index contributed by atoms with van der Waals surface area (Å²) in [5.74, 6) is -0.945. The smallest absolute Gasteiger partial charge is 0.310 e. The number of hydrogen-bond donors (Lipinski definition) is 1. The summed E-state index contributed by atoms with van der Waals surface area (Å²) in [6.07, 6.45) is 3.11. The third-order valence-corrected chi connectivity index (χ3v) is 6.82. The van der Waals surface area contributed by atoms with Crippen molar-refractivity contribution in [1.82, 2.24) is 0 Å². The average molecular weight is 347 g/mol. The van der Waals surface area contributed by atoms with Gasteiger partial charge in [0.25, 0.3) is 10.0 Å². The van der Waals surface area contributed by atoms with Gasteiger partial charge in [0.1, 0.15) is 0 Å². The van der Waals surface area contributed by atoms with Gasteiger partial charge in [-0.15, -0.1) is 0 Å². The molecule has 0 unspecified atom stereocenters. The van der Waals surface area contributed by atoms with E-state index in [1.54, 1.807) is 12.1 Å². The van der Waals surface area contributed by atoms with Gasteiger partial charge in [-0.05, 0) is 43.0 Å². The molecule has 0 saturated heterocycles. The number of aliphatic carboxylic acids is 1. The predicted molar refractivity (Wildman–Crippen MR) is 86.3 cm³/mol. The predicted octanol–water partition coefficient (Wildman–Crippen LogP) is 2.83. The van der Waals surface area contributed by atoms with E-state index in [9.17, 15) is 18.3 Å². The topological polar surface area (TPSA) is 87.8 Å². The van der Waals surface area contributed by atoms with E-state index in [-0.39, 0.29) is 17.6 Å². The highest BCUT2D eigenvalue weighted by Gasteiger charge is 2.58. The Morgan fingerprint density at radius 3 is 2.58 bits per heavy atom. The summed E-state index contributed by atoms with van der Waals surface area (Å²) < 4.78 is 32.1. The van der Waals surface area contributed by atoms with Crippen molar-refractivity contribution in [2.75, 3.05) is 10.8 Å². The normalized spacial score (nSPS) is 22.0. The number of sulfonamides is 1. The highest BCUT2D eigenvalue weighted by atomic mass is 32.2. The minimum absolute atomic E-state index is 0.102. The van der Waals surface area contributed by atoms with E-state index in [1.165, 1.54) is 22.7 Å². The van der Waals surface area contributed by atoms with Crippen molar-refractivity contribution in [3.8, 4) is 0 Å². The molecule has 4 rings (SSSR count). The zero-order chi connectivity index (χ0) is 16.9. The number of para-hydroxylation sites is 1. The summed E-state index contributed by atoms with van der Waals surface area (Å²) >= 11 is 0. The van der Waals surface area contributed by atoms with E-state index in [2.05, 4.69) is 0 Å². The third-order valence-electron chi connectivity index (χ3n) is 5.12. The molecule has 24 heavy (non-hydrogen) atoms. The summed E-state index contributed by atoms with van der Waals surface area (Å²) in [6.45, 7) is 0.250. The largest absolute Gasteiger partial charge is 0.481 e. The first-order valence-corrected chi connectivity index (χ1v) is 9.29. The molecule has 126 valence electrons. The SMILES string of the molecule is O=C(O)C1([C@H]2CCN(S(=O)(=O)c3ccco3)c3ccccc32)CC1. The molecule has 0 radical (unpaired) electrons.